The number of hydrogen-bond donors (Lipinski definition) is 3. The van der Waals surface area contributed by atoms with Gasteiger partial charge in [0.25, 0.3) is 5.60 Å². The van der Waals surface area contributed by atoms with E-state index in [-0.39, 0.29) is 23.0 Å². The largest absolute Gasteiger partial charge is 0.361 e. The SMILES string of the molecule is c1ccc(N2OC(c3ncccn3)(c3nn[nH]n3)C(c3cnon3)(c3nncc(-c4ccc[nH]4)c3-c3cn[nH]n3)N2C2CCCO2)nc1. The molecule has 7 aromatic rings. The standard InChI is InChI=1S/C28H23N17O3/c1-2-9-30-21(7-1)45-44(22-8-4-13-46-22)27(20-16-35-48-40-20,28(47-45,26-38-42-43-39-26)25-31-11-5-12-32-25)24-23(19-15-34-41-36-19)17(14-33-37-24)18-6-3-10-29-18/h1-3,5-7,9-12,14-16,22,29H,4,8,13H2,(H,34,36,41)(H,38,39,42,43). The second-order valence-corrected chi connectivity index (χ2v) is 10.8. The Morgan fingerprint density at radius 1 is 0.896 bits per heavy atom. The molecule has 0 aromatic carbocycles. The first kappa shape index (κ1) is 27.9. The highest BCUT2D eigenvalue weighted by molar-refractivity contribution is 5.82. The minimum absolute atomic E-state index is 0.0244. The van der Waals surface area contributed by atoms with Gasteiger partial charge in [0, 0.05) is 48.2 Å². The van der Waals surface area contributed by atoms with Crippen LogP contribution in [0.2, 0.25) is 0 Å². The van der Waals surface area contributed by atoms with Crippen LogP contribution in [-0.2, 0) is 20.7 Å². The number of pyridine rings is 1. The Hall–Kier alpha value is -6.38. The molecule has 2 aliphatic rings. The van der Waals surface area contributed by atoms with Gasteiger partial charge in [-0.15, -0.1) is 15.2 Å². The fourth-order valence-electron chi connectivity index (χ4n) is 6.49. The van der Waals surface area contributed by atoms with Crippen molar-refractivity contribution in [3.8, 4) is 22.5 Å². The lowest BCUT2D eigenvalue weighted by Crippen LogP contribution is -2.61. The molecule has 20 heteroatoms. The summed E-state index contributed by atoms with van der Waals surface area (Å²) in [7, 11) is 0. The molecule has 2 fully saturated rings. The summed E-state index contributed by atoms with van der Waals surface area (Å²) in [6.45, 7) is 0.464. The second kappa shape index (κ2) is 11.2. The molecule has 0 radical (unpaired) electrons. The van der Waals surface area contributed by atoms with Crippen LogP contribution in [-0.4, -0.2) is 94.3 Å². The van der Waals surface area contributed by atoms with E-state index in [2.05, 4.69) is 61.4 Å². The fraction of sp³-hybridized carbons (Fsp3) is 0.214. The lowest BCUT2D eigenvalue weighted by Gasteiger charge is -2.43. The van der Waals surface area contributed by atoms with Gasteiger partial charge in [0.1, 0.15) is 23.3 Å². The maximum Gasteiger partial charge on any atom is 0.251 e. The van der Waals surface area contributed by atoms with Crippen LogP contribution in [0.3, 0.4) is 0 Å². The van der Waals surface area contributed by atoms with Crippen LogP contribution in [0, 0.1) is 0 Å². The fourth-order valence-corrected chi connectivity index (χ4v) is 6.49. The Kier molecular flexibility index (Phi) is 6.48. The third kappa shape index (κ3) is 3.93. The molecule has 3 unspecified atom stereocenters. The van der Waals surface area contributed by atoms with Crippen LogP contribution >= 0.6 is 0 Å². The van der Waals surface area contributed by atoms with Gasteiger partial charge in [-0.25, -0.2) is 24.4 Å². The van der Waals surface area contributed by atoms with Gasteiger partial charge in [-0.05, 0) is 43.2 Å². The summed E-state index contributed by atoms with van der Waals surface area (Å²) in [4.78, 5) is 24.6. The highest BCUT2D eigenvalue weighted by atomic mass is 16.8. The molecule has 0 spiro atoms. The number of hydrazine groups is 1. The smallest absolute Gasteiger partial charge is 0.251 e. The number of ether oxygens (including phenoxy) is 1. The molecule has 9 rings (SSSR count). The van der Waals surface area contributed by atoms with Crippen molar-refractivity contribution >= 4 is 5.82 Å². The Morgan fingerprint density at radius 3 is 2.54 bits per heavy atom. The molecular formula is C28H23N17O3. The number of anilines is 1. The van der Waals surface area contributed by atoms with E-state index in [0.29, 0.717) is 35.7 Å². The van der Waals surface area contributed by atoms with Crippen LogP contribution in [0.25, 0.3) is 22.5 Å². The molecule has 7 aromatic heterocycles. The average Bonchev–Trinajstić information content (AvgIpc) is 3.99. The summed E-state index contributed by atoms with van der Waals surface area (Å²) in [6.07, 6.45) is 11.9. The summed E-state index contributed by atoms with van der Waals surface area (Å²) in [5, 5.41) is 48.2. The van der Waals surface area contributed by atoms with E-state index in [1.165, 1.54) is 11.4 Å². The molecular weight excluding hydrogens is 622 g/mol. The first-order chi connectivity index (χ1) is 23.8. The predicted molar refractivity (Wildman–Crippen MR) is 158 cm³/mol. The highest BCUT2D eigenvalue weighted by Gasteiger charge is 2.77. The molecule has 3 N–H and O–H groups in total. The number of tetrazole rings is 1. The van der Waals surface area contributed by atoms with E-state index >= 15 is 0 Å². The minimum atomic E-state index is -1.95. The van der Waals surface area contributed by atoms with Crippen LogP contribution in [0.5, 0.6) is 0 Å². The van der Waals surface area contributed by atoms with Crippen molar-refractivity contribution in [3.05, 3.63) is 103 Å². The van der Waals surface area contributed by atoms with Gasteiger partial charge in [-0.3, -0.25) is 0 Å². The number of aromatic nitrogens is 15. The minimum Gasteiger partial charge on any atom is -0.361 e. The Bertz CT molecular complexity index is 2090. The summed E-state index contributed by atoms with van der Waals surface area (Å²) in [5.74, 6) is 0.525. The van der Waals surface area contributed by atoms with Gasteiger partial charge in [0.15, 0.2) is 17.2 Å². The van der Waals surface area contributed by atoms with Crippen LogP contribution in [0.15, 0.2) is 84.4 Å². The number of nitrogens with one attached hydrogen (secondary N) is 3. The van der Waals surface area contributed by atoms with E-state index in [1.807, 2.05) is 23.2 Å². The highest BCUT2D eigenvalue weighted by Crippen LogP contribution is 2.61. The van der Waals surface area contributed by atoms with Crippen molar-refractivity contribution in [3.63, 3.8) is 0 Å². The molecule has 0 aliphatic carbocycles. The molecule has 2 aliphatic heterocycles. The zero-order valence-electron chi connectivity index (χ0n) is 24.7. The summed E-state index contributed by atoms with van der Waals surface area (Å²) in [5.41, 5.74) is -1.03. The van der Waals surface area contributed by atoms with E-state index in [0.717, 1.165) is 12.1 Å². The third-order valence-electron chi connectivity index (χ3n) is 8.32. The number of aromatic amines is 3. The second-order valence-electron chi connectivity index (χ2n) is 10.8. The van der Waals surface area contributed by atoms with E-state index < -0.39 is 17.4 Å². The Labute approximate surface area is 268 Å². The molecule has 0 bridgehead atoms. The molecule has 48 heavy (non-hydrogen) atoms. The molecule has 20 nitrogen and oxygen atoms in total. The monoisotopic (exact) mass is 645 g/mol. The number of rotatable bonds is 8. The van der Waals surface area contributed by atoms with Crippen LogP contribution in [0.4, 0.5) is 5.82 Å². The van der Waals surface area contributed by atoms with Gasteiger partial charge < -0.3 is 9.72 Å². The first-order valence-electron chi connectivity index (χ1n) is 14.8. The van der Waals surface area contributed by atoms with Crippen molar-refractivity contribution in [2.45, 2.75) is 30.2 Å². The zero-order valence-corrected chi connectivity index (χ0v) is 24.7. The molecule has 0 amide bonds. The maximum atomic E-state index is 7.17. The van der Waals surface area contributed by atoms with E-state index in [4.69, 9.17) is 29.3 Å². The maximum absolute atomic E-state index is 7.17. The lowest BCUT2D eigenvalue weighted by molar-refractivity contribution is -0.0761. The van der Waals surface area contributed by atoms with Gasteiger partial charge in [-0.1, -0.05) is 21.6 Å². The quantitative estimate of drug-likeness (QED) is 0.211. The van der Waals surface area contributed by atoms with Gasteiger partial charge in [-0.2, -0.15) is 36.0 Å². The van der Waals surface area contributed by atoms with Gasteiger partial charge in [0.2, 0.25) is 5.82 Å². The number of hydrogen-bond acceptors (Lipinski definition) is 17. The molecule has 2 saturated heterocycles. The van der Waals surface area contributed by atoms with Crippen LogP contribution in [0.1, 0.15) is 35.9 Å². The summed E-state index contributed by atoms with van der Waals surface area (Å²) >= 11 is 0. The molecule has 0 saturated carbocycles. The van der Waals surface area contributed by atoms with Gasteiger partial charge >= 0.3 is 0 Å². The van der Waals surface area contributed by atoms with Crippen molar-refractivity contribution in [2.75, 3.05) is 11.8 Å². The number of H-pyrrole nitrogens is 3. The molecule has 3 atom stereocenters. The number of nitrogens with zero attached hydrogens (tertiary/aromatic N) is 14. The Morgan fingerprint density at radius 2 is 1.83 bits per heavy atom. The normalized spacial score (nSPS) is 22.8. The van der Waals surface area contributed by atoms with Gasteiger partial charge in [0.05, 0.1) is 18.6 Å². The van der Waals surface area contributed by atoms with Crippen molar-refractivity contribution in [1.29, 1.82) is 0 Å². The Balaban J connectivity index is 1.50. The van der Waals surface area contributed by atoms with Crippen molar-refractivity contribution in [1.82, 2.24) is 81.5 Å². The lowest BCUT2D eigenvalue weighted by atomic mass is 9.70. The summed E-state index contributed by atoms with van der Waals surface area (Å²) < 4.78 is 11.8. The van der Waals surface area contributed by atoms with Crippen molar-refractivity contribution in [2.24, 2.45) is 0 Å². The topological polar surface area (TPSA) is 240 Å². The third-order valence-corrected chi connectivity index (χ3v) is 8.32. The van der Waals surface area contributed by atoms with Crippen molar-refractivity contribution < 1.29 is 14.2 Å². The first-order valence-corrected chi connectivity index (χ1v) is 14.8. The van der Waals surface area contributed by atoms with Crippen LogP contribution < -0.4 is 5.17 Å². The molecule has 238 valence electrons. The average molecular weight is 646 g/mol. The molecule has 9 heterocycles. The zero-order chi connectivity index (χ0) is 32.0. The predicted octanol–water partition coefficient (Wildman–Crippen LogP) is 1.33. The van der Waals surface area contributed by atoms with E-state index in [9.17, 15) is 0 Å². The summed E-state index contributed by atoms with van der Waals surface area (Å²) in [6, 6.07) is 10.9. The van der Waals surface area contributed by atoms with E-state index in [1.54, 1.807) is 55.4 Å².